The summed E-state index contributed by atoms with van der Waals surface area (Å²) < 4.78 is 33.7. The Hall–Kier alpha value is -0.320. The minimum atomic E-state index is -0.423. The molecule has 8 heteroatoms. The first-order valence-electron chi connectivity index (χ1n) is 11.2. The lowest BCUT2D eigenvalue weighted by Gasteiger charge is -2.33. The molecule has 182 valence electrons. The van der Waals surface area contributed by atoms with Gasteiger partial charge in [0.05, 0.1) is 31.8 Å². The van der Waals surface area contributed by atoms with E-state index < -0.39 is 5.41 Å². The molecule has 0 fully saturated rings. The number of unbranched alkanes of at least 4 members (excludes halogenated alkanes) is 3. The Bertz CT molecular complexity index is 318. The zero-order chi connectivity index (χ0) is 22.2. The number of hydrogen-bond donors (Lipinski definition) is 2. The van der Waals surface area contributed by atoms with Crippen LogP contribution in [0.25, 0.3) is 0 Å². The number of methoxy groups -OCH3 is 2. The summed E-state index contributed by atoms with van der Waals surface area (Å²) >= 11 is 0. The molecule has 0 rings (SSSR count). The Morgan fingerprint density at radius 1 is 0.467 bits per heavy atom. The van der Waals surface area contributed by atoms with Crippen molar-refractivity contribution in [2.75, 3.05) is 93.5 Å². The van der Waals surface area contributed by atoms with Gasteiger partial charge in [0.2, 0.25) is 0 Å². The third-order valence-electron chi connectivity index (χ3n) is 4.55. The second-order valence-electron chi connectivity index (χ2n) is 7.62. The molecular weight excluding hydrogens is 392 g/mol. The van der Waals surface area contributed by atoms with E-state index in [1.165, 1.54) is 0 Å². The van der Waals surface area contributed by atoms with Crippen molar-refractivity contribution >= 4 is 0 Å². The summed E-state index contributed by atoms with van der Waals surface area (Å²) in [5.41, 5.74) is -0.423. The zero-order valence-electron chi connectivity index (χ0n) is 19.3. The molecule has 0 atom stereocenters. The predicted octanol–water partition coefficient (Wildman–Crippen LogP) is 2.05. The number of ether oxygens (including phenoxy) is 6. The summed E-state index contributed by atoms with van der Waals surface area (Å²) in [5, 5.41) is 18.0. The van der Waals surface area contributed by atoms with Crippen molar-refractivity contribution in [3.8, 4) is 0 Å². The summed E-state index contributed by atoms with van der Waals surface area (Å²) in [6.45, 7) is 5.74. The first kappa shape index (κ1) is 29.7. The SMILES string of the molecule is COCCCCCCOCC(COCCCO)(COCCCO)COCCCOC. The molecule has 0 saturated heterocycles. The zero-order valence-corrected chi connectivity index (χ0v) is 19.3. The molecule has 0 heterocycles. The van der Waals surface area contributed by atoms with Crippen molar-refractivity contribution in [3.05, 3.63) is 0 Å². The van der Waals surface area contributed by atoms with Gasteiger partial charge in [0.15, 0.2) is 0 Å². The number of aliphatic hydroxyl groups is 2. The van der Waals surface area contributed by atoms with Gasteiger partial charge < -0.3 is 38.6 Å². The standard InChI is InChI=1S/C22H46O8/c1-25-12-5-3-4-6-14-27-18-22(19-28-15-7-10-23,20-29-16-8-11-24)21-30-17-9-13-26-2/h23-24H,3-21H2,1-2H3. The maximum atomic E-state index is 9.00. The lowest BCUT2D eigenvalue weighted by Crippen LogP contribution is -2.42. The molecule has 0 saturated carbocycles. The van der Waals surface area contributed by atoms with E-state index in [-0.39, 0.29) is 13.2 Å². The van der Waals surface area contributed by atoms with Crippen molar-refractivity contribution < 1.29 is 38.6 Å². The minimum absolute atomic E-state index is 0.104. The maximum Gasteiger partial charge on any atom is 0.0637 e. The summed E-state index contributed by atoms with van der Waals surface area (Å²) in [7, 11) is 3.41. The largest absolute Gasteiger partial charge is 0.396 e. The van der Waals surface area contributed by atoms with E-state index in [4.69, 9.17) is 38.6 Å². The fourth-order valence-electron chi connectivity index (χ4n) is 2.85. The second kappa shape index (κ2) is 23.3. The van der Waals surface area contributed by atoms with Crippen molar-refractivity contribution in [3.63, 3.8) is 0 Å². The van der Waals surface area contributed by atoms with Gasteiger partial charge in [0.1, 0.15) is 0 Å². The van der Waals surface area contributed by atoms with E-state index in [0.717, 1.165) is 38.7 Å². The van der Waals surface area contributed by atoms with Crippen LogP contribution in [0.1, 0.15) is 44.9 Å². The van der Waals surface area contributed by atoms with Crippen LogP contribution in [0.15, 0.2) is 0 Å². The average Bonchev–Trinajstić information content (AvgIpc) is 2.76. The summed E-state index contributed by atoms with van der Waals surface area (Å²) in [4.78, 5) is 0. The fourth-order valence-corrected chi connectivity index (χ4v) is 2.85. The van der Waals surface area contributed by atoms with Crippen LogP contribution < -0.4 is 0 Å². The van der Waals surface area contributed by atoms with Gasteiger partial charge in [-0.05, 0) is 32.1 Å². The van der Waals surface area contributed by atoms with Crippen LogP contribution in [0.4, 0.5) is 0 Å². The van der Waals surface area contributed by atoms with E-state index in [1.807, 2.05) is 0 Å². The van der Waals surface area contributed by atoms with Crippen LogP contribution in [0.2, 0.25) is 0 Å². The molecule has 0 aliphatic heterocycles. The first-order valence-corrected chi connectivity index (χ1v) is 11.2. The van der Waals surface area contributed by atoms with Gasteiger partial charge in [0.25, 0.3) is 0 Å². The van der Waals surface area contributed by atoms with E-state index in [0.29, 0.717) is 72.3 Å². The third kappa shape index (κ3) is 18.4. The monoisotopic (exact) mass is 438 g/mol. The Labute approximate surface area is 183 Å². The molecule has 0 spiro atoms. The Morgan fingerprint density at radius 2 is 0.833 bits per heavy atom. The minimum Gasteiger partial charge on any atom is -0.396 e. The van der Waals surface area contributed by atoms with E-state index in [1.54, 1.807) is 14.2 Å². The molecule has 0 unspecified atom stereocenters. The summed E-state index contributed by atoms with van der Waals surface area (Å²) in [6, 6.07) is 0. The first-order chi connectivity index (χ1) is 14.7. The molecule has 8 nitrogen and oxygen atoms in total. The van der Waals surface area contributed by atoms with Crippen LogP contribution >= 0.6 is 0 Å². The Kier molecular flexibility index (Phi) is 23.1. The van der Waals surface area contributed by atoms with E-state index in [2.05, 4.69) is 0 Å². The number of rotatable bonds is 25. The highest BCUT2D eigenvalue weighted by molar-refractivity contribution is 4.79. The normalized spacial score (nSPS) is 12.0. The average molecular weight is 439 g/mol. The van der Waals surface area contributed by atoms with Crippen molar-refractivity contribution in [1.29, 1.82) is 0 Å². The van der Waals surface area contributed by atoms with Gasteiger partial charge in [-0.15, -0.1) is 0 Å². The number of aliphatic hydroxyl groups excluding tert-OH is 2. The van der Waals surface area contributed by atoms with Gasteiger partial charge in [-0.2, -0.15) is 0 Å². The molecule has 30 heavy (non-hydrogen) atoms. The predicted molar refractivity (Wildman–Crippen MR) is 116 cm³/mol. The highest BCUT2D eigenvalue weighted by Crippen LogP contribution is 2.21. The van der Waals surface area contributed by atoms with Crippen LogP contribution in [0.3, 0.4) is 0 Å². The summed E-state index contributed by atoms with van der Waals surface area (Å²) in [6.07, 6.45) is 6.35. The molecular formula is C22H46O8. The molecule has 0 aromatic heterocycles. The van der Waals surface area contributed by atoms with Gasteiger partial charge in [-0.1, -0.05) is 12.8 Å². The summed E-state index contributed by atoms with van der Waals surface area (Å²) in [5.74, 6) is 0. The van der Waals surface area contributed by atoms with Crippen LogP contribution in [-0.4, -0.2) is 104 Å². The molecule has 0 aliphatic carbocycles. The highest BCUT2D eigenvalue weighted by Gasteiger charge is 2.32. The van der Waals surface area contributed by atoms with Gasteiger partial charge >= 0.3 is 0 Å². The van der Waals surface area contributed by atoms with Crippen molar-refractivity contribution in [2.24, 2.45) is 5.41 Å². The molecule has 0 aliphatic rings. The lowest BCUT2D eigenvalue weighted by atomic mass is 9.92. The quantitative estimate of drug-likeness (QED) is 0.209. The second-order valence-corrected chi connectivity index (χ2v) is 7.62. The van der Waals surface area contributed by atoms with Crippen LogP contribution in [-0.2, 0) is 28.4 Å². The Morgan fingerprint density at radius 3 is 1.27 bits per heavy atom. The molecule has 2 N–H and O–H groups in total. The number of hydrogen-bond acceptors (Lipinski definition) is 8. The third-order valence-corrected chi connectivity index (χ3v) is 4.55. The maximum absolute atomic E-state index is 9.00. The lowest BCUT2D eigenvalue weighted by molar-refractivity contribution is -0.109. The smallest absolute Gasteiger partial charge is 0.0637 e. The van der Waals surface area contributed by atoms with Gasteiger partial charge in [-0.3, -0.25) is 0 Å². The van der Waals surface area contributed by atoms with Crippen molar-refractivity contribution in [1.82, 2.24) is 0 Å². The van der Waals surface area contributed by atoms with Crippen molar-refractivity contribution in [2.45, 2.75) is 44.9 Å². The van der Waals surface area contributed by atoms with Gasteiger partial charge in [-0.25, -0.2) is 0 Å². The molecule has 0 aromatic carbocycles. The molecule has 0 bridgehead atoms. The fraction of sp³-hybridized carbons (Fsp3) is 1.00. The van der Waals surface area contributed by atoms with E-state index >= 15 is 0 Å². The van der Waals surface area contributed by atoms with Gasteiger partial charge in [0, 0.05) is 67.1 Å². The Balaban J connectivity index is 4.58. The topological polar surface area (TPSA) is 95.8 Å². The van der Waals surface area contributed by atoms with Crippen LogP contribution in [0.5, 0.6) is 0 Å². The molecule has 0 aromatic rings. The van der Waals surface area contributed by atoms with Crippen LogP contribution in [0, 0.1) is 5.41 Å². The highest BCUT2D eigenvalue weighted by atomic mass is 16.5. The molecule has 0 amide bonds. The van der Waals surface area contributed by atoms with E-state index in [9.17, 15) is 0 Å². The molecule has 0 radical (unpaired) electrons.